The Balaban J connectivity index is 1.63. The number of rotatable bonds is 4. The monoisotopic (exact) mass is 351 g/mol. The van der Waals surface area contributed by atoms with Crippen molar-refractivity contribution in [3.63, 3.8) is 0 Å². The molecule has 1 amide bonds. The Bertz CT molecular complexity index is 948. The molecule has 0 radical (unpaired) electrons. The Morgan fingerprint density at radius 2 is 2.08 bits per heavy atom. The first-order valence-corrected chi connectivity index (χ1v) is 9.25. The fourth-order valence-electron chi connectivity index (χ4n) is 2.76. The summed E-state index contributed by atoms with van der Waals surface area (Å²) in [5.41, 5.74) is -0.850. The molecule has 1 fully saturated rings. The van der Waals surface area contributed by atoms with E-state index in [9.17, 15) is 18.0 Å². The highest BCUT2D eigenvalue weighted by Gasteiger charge is 2.39. The lowest BCUT2D eigenvalue weighted by Gasteiger charge is -2.23. The number of hydrogen-bond acceptors (Lipinski definition) is 6. The van der Waals surface area contributed by atoms with Crippen LogP contribution in [0.5, 0.6) is 5.75 Å². The van der Waals surface area contributed by atoms with E-state index in [4.69, 9.17) is 9.15 Å². The minimum Gasteiger partial charge on any atom is -0.484 e. The molecule has 128 valence electrons. The maximum atomic E-state index is 12.0. The molecule has 0 aliphatic carbocycles. The Morgan fingerprint density at radius 3 is 2.79 bits per heavy atom. The topological polar surface area (TPSA) is 103 Å². The number of hydrogen-bond donors (Lipinski definition) is 1. The van der Waals surface area contributed by atoms with Crippen molar-refractivity contribution in [2.75, 3.05) is 18.1 Å². The third-order valence-electron chi connectivity index (χ3n) is 3.91. The van der Waals surface area contributed by atoms with Gasteiger partial charge in [-0.25, -0.2) is 13.2 Å². The molecule has 1 saturated heterocycles. The summed E-state index contributed by atoms with van der Waals surface area (Å²) in [6.07, 6.45) is 0.391. The van der Waals surface area contributed by atoms with Crippen molar-refractivity contribution in [1.82, 2.24) is 5.32 Å². The second kappa shape index (κ2) is 5.94. The largest absolute Gasteiger partial charge is 0.484 e. The SMILES string of the molecule is C[C@]1(NC(=O)COc2ccc3ccc(=O)oc3c2)CCS(=O)(=O)C1. The molecule has 1 aliphatic heterocycles. The van der Waals surface area contributed by atoms with E-state index in [1.165, 1.54) is 12.1 Å². The predicted molar refractivity (Wildman–Crippen MR) is 87.8 cm³/mol. The highest BCUT2D eigenvalue weighted by Crippen LogP contribution is 2.23. The number of amides is 1. The normalized spacial score (nSPS) is 22.4. The molecule has 0 bridgehead atoms. The van der Waals surface area contributed by atoms with Crippen LogP contribution in [-0.2, 0) is 14.6 Å². The number of nitrogens with one attached hydrogen (secondary N) is 1. The van der Waals surface area contributed by atoms with Gasteiger partial charge in [0.15, 0.2) is 16.4 Å². The number of carbonyl (C=O) groups excluding carboxylic acids is 1. The number of ether oxygens (including phenoxy) is 1. The van der Waals surface area contributed by atoms with Crippen LogP contribution in [0.2, 0.25) is 0 Å². The first-order chi connectivity index (χ1) is 11.2. The average molecular weight is 351 g/mol. The molecule has 1 aromatic heterocycles. The van der Waals surface area contributed by atoms with Gasteiger partial charge in [0.2, 0.25) is 0 Å². The summed E-state index contributed by atoms with van der Waals surface area (Å²) in [5.74, 6) is 0.00158. The molecule has 0 unspecified atom stereocenters. The van der Waals surface area contributed by atoms with Gasteiger partial charge >= 0.3 is 5.63 Å². The molecular formula is C16H17NO6S. The highest BCUT2D eigenvalue weighted by molar-refractivity contribution is 7.91. The Kier molecular flexibility index (Phi) is 4.08. The van der Waals surface area contributed by atoms with Crippen LogP contribution < -0.4 is 15.7 Å². The van der Waals surface area contributed by atoms with E-state index in [1.807, 2.05) is 0 Å². The van der Waals surface area contributed by atoms with Gasteiger partial charge in [-0.3, -0.25) is 4.79 Å². The minimum absolute atomic E-state index is 0.0626. The smallest absolute Gasteiger partial charge is 0.336 e. The molecule has 3 rings (SSSR count). The van der Waals surface area contributed by atoms with Crippen molar-refractivity contribution >= 4 is 26.7 Å². The van der Waals surface area contributed by atoms with Crippen LogP contribution >= 0.6 is 0 Å². The van der Waals surface area contributed by atoms with Gasteiger partial charge in [-0.15, -0.1) is 0 Å². The van der Waals surface area contributed by atoms with Gasteiger partial charge in [0.1, 0.15) is 11.3 Å². The van der Waals surface area contributed by atoms with E-state index < -0.39 is 26.9 Å². The van der Waals surface area contributed by atoms with Crippen LogP contribution in [0.15, 0.2) is 39.5 Å². The summed E-state index contributed by atoms with van der Waals surface area (Å²) in [4.78, 5) is 23.2. The van der Waals surface area contributed by atoms with Gasteiger partial charge in [-0.2, -0.15) is 0 Å². The number of sulfone groups is 1. The lowest BCUT2D eigenvalue weighted by Crippen LogP contribution is -2.48. The highest BCUT2D eigenvalue weighted by atomic mass is 32.2. The Hall–Kier alpha value is -2.35. The van der Waals surface area contributed by atoms with Gasteiger partial charge < -0.3 is 14.5 Å². The molecule has 7 nitrogen and oxygen atoms in total. The van der Waals surface area contributed by atoms with Crippen LogP contribution in [0.3, 0.4) is 0 Å². The Labute approximate surface area is 138 Å². The summed E-state index contributed by atoms with van der Waals surface area (Å²) in [6.45, 7) is 1.46. The van der Waals surface area contributed by atoms with Crippen LogP contribution in [0, 0.1) is 0 Å². The molecule has 1 aromatic carbocycles. The van der Waals surface area contributed by atoms with E-state index >= 15 is 0 Å². The number of benzene rings is 1. The first-order valence-electron chi connectivity index (χ1n) is 7.43. The second-order valence-corrected chi connectivity index (χ2v) is 8.38. The Morgan fingerprint density at radius 1 is 1.33 bits per heavy atom. The molecule has 2 aromatic rings. The van der Waals surface area contributed by atoms with E-state index in [0.29, 0.717) is 17.8 Å². The number of fused-ring (bicyclic) bond motifs is 1. The van der Waals surface area contributed by atoms with Crippen molar-refractivity contribution in [2.45, 2.75) is 18.9 Å². The zero-order valence-electron chi connectivity index (χ0n) is 13.1. The van der Waals surface area contributed by atoms with Crippen molar-refractivity contribution < 1.29 is 22.4 Å². The predicted octanol–water partition coefficient (Wildman–Crippen LogP) is 0.865. The van der Waals surface area contributed by atoms with Crippen LogP contribution in [0.4, 0.5) is 0 Å². The molecule has 1 atom stereocenters. The van der Waals surface area contributed by atoms with Gasteiger partial charge in [-0.1, -0.05) is 0 Å². The van der Waals surface area contributed by atoms with Crippen LogP contribution in [-0.4, -0.2) is 38.0 Å². The molecule has 0 spiro atoms. The van der Waals surface area contributed by atoms with E-state index in [1.54, 1.807) is 25.1 Å². The number of carbonyl (C=O) groups is 1. The maximum absolute atomic E-state index is 12.0. The van der Waals surface area contributed by atoms with Crippen molar-refractivity contribution in [1.29, 1.82) is 0 Å². The summed E-state index contributed by atoms with van der Waals surface area (Å²) in [6, 6.07) is 7.88. The fraction of sp³-hybridized carbons (Fsp3) is 0.375. The minimum atomic E-state index is -3.09. The van der Waals surface area contributed by atoms with Crippen LogP contribution in [0.1, 0.15) is 13.3 Å². The van der Waals surface area contributed by atoms with Gasteiger partial charge in [-0.05, 0) is 31.5 Å². The zero-order chi connectivity index (χ0) is 17.4. The maximum Gasteiger partial charge on any atom is 0.336 e. The molecule has 2 heterocycles. The van der Waals surface area contributed by atoms with Crippen LogP contribution in [0.25, 0.3) is 11.0 Å². The third kappa shape index (κ3) is 3.76. The van der Waals surface area contributed by atoms with Gasteiger partial charge in [0.05, 0.1) is 17.0 Å². The molecule has 24 heavy (non-hydrogen) atoms. The van der Waals surface area contributed by atoms with Gasteiger partial charge in [0, 0.05) is 17.5 Å². The standard InChI is InChI=1S/C16H17NO6S/c1-16(6-7-24(20,21)10-16)17-14(18)9-22-12-4-2-11-3-5-15(19)23-13(11)8-12/h2-5,8H,6-7,9-10H2,1H3,(H,17,18)/t16-/m0/s1. The lowest BCUT2D eigenvalue weighted by atomic mass is 10.0. The molecular weight excluding hydrogens is 334 g/mol. The average Bonchev–Trinajstić information content (AvgIpc) is 2.78. The van der Waals surface area contributed by atoms with Crippen molar-refractivity contribution in [2.24, 2.45) is 0 Å². The van der Waals surface area contributed by atoms with E-state index in [-0.39, 0.29) is 18.1 Å². The zero-order valence-corrected chi connectivity index (χ0v) is 13.9. The quantitative estimate of drug-likeness (QED) is 0.820. The molecule has 0 saturated carbocycles. The summed E-state index contributed by atoms with van der Waals surface area (Å²) in [5, 5.41) is 3.46. The van der Waals surface area contributed by atoms with Crippen molar-refractivity contribution in [3.05, 3.63) is 40.8 Å². The summed E-state index contributed by atoms with van der Waals surface area (Å²) >= 11 is 0. The first kappa shape index (κ1) is 16.5. The van der Waals surface area contributed by atoms with Crippen molar-refractivity contribution in [3.8, 4) is 5.75 Å². The summed E-state index contributed by atoms with van der Waals surface area (Å²) < 4.78 is 33.5. The molecule has 8 heteroatoms. The van der Waals surface area contributed by atoms with Gasteiger partial charge in [0.25, 0.3) is 5.91 Å². The lowest BCUT2D eigenvalue weighted by molar-refractivity contribution is -0.124. The fourth-order valence-corrected chi connectivity index (χ4v) is 4.85. The molecule has 1 aliphatic rings. The van der Waals surface area contributed by atoms with E-state index in [2.05, 4.69) is 5.32 Å². The van der Waals surface area contributed by atoms with E-state index in [0.717, 1.165) is 5.39 Å². The summed E-state index contributed by atoms with van der Waals surface area (Å²) in [7, 11) is -3.09. The third-order valence-corrected chi connectivity index (χ3v) is 5.81. The molecule has 1 N–H and O–H groups in total. The second-order valence-electron chi connectivity index (χ2n) is 6.19.